The molecule has 0 bridgehead atoms. The van der Waals surface area contributed by atoms with Gasteiger partial charge in [0.05, 0.1) is 21.3 Å². The Hall–Kier alpha value is -2.14. The predicted octanol–water partition coefficient (Wildman–Crippen LogP) is 1.26. The second kappa shape index (κ2) is 7.75. The van der Waals surface area contributed by atoms with E-state index in [0.29, 0.717) is 17.2 Å². The third-order valence-electron chi connectivity index (χ3n) is 3.50. The number of methoxy groups -OCH3 is 3. The molecule has 0 aliphatic heterocycles. The summed E-state index contributed by atoms with van der Waals surface area (Å²) in [4.78, 5) is 0. The van der Waals surface area contributed by atoms with E-state index in [0.717, 1.165) is 18.7 Å². The minimum atomic E-state index is 0.618. The van der Waals surface area contributed by atoms with Gasteiger partial charge in [0.15, 0.2) is 11.5 Å². The minimum absolute atomic E-state index is 0.618. The van der Waals surface area contributed by atoms with Crippen molar-refractivity contribution in [3.05, 3.63) is 47.5 Å². The smallest absolute Gasteiger partial charge is 0.203 e. The van der Waals surface area contributed by atoms with Crippen LogP contribution in [0.2, 0.25) is 0 Å². The van der Waals surface area contributed by atoms with Crippen molar-refractivity contribution in [3.8, 4) is 17.2 Å². The number of hydrogen-bond donors (Lipinski definition) is 1. The molecule has 0 spiro atoms. The van der Waals surface area contributed by atoms with Gasteiger partial charge >= 0.3 is 0 Å². The number of hydrogen-bond acceptors (Lipinski definition) is 4. The van der Waals surface area contributed by atoms with Crippen LogP contribution in [0.25, 0.3) is 0 Å². The zero-order chi connectivity index (χ0) is 15.9. The normalized spacial score (nSPS) is 10.3. The van der Waals surface area contributed by atoms with Gasteiger partial charge in [0.2, 0.25) is 5.75 Å². The Morgan fingerprint density at radius 1 is 0.818 bits per heavy atom. The van der Waals surface area contributed by atoms with Crippen molar-refractivity contribution in [2.75, 3.05) is 21.3 Å². The zero-order valence-electron chi connectivity index (χ0n) is 13.6. The van der Waals surface area contributed by atoms with E-state index in [1.165, 1.54) is 11.0 Å². The molecule has 0 radical (unpaired) electrons. The Labute approximate surface area is 132 Å². The molecule has 0 heterocycles. The molecule has 0 saturated carbocycles. The van der Waals surface area contributed by atoms with E-state index >= 15 is 0 Å². The van der Waals surface area contributed by atoms with Crippen molar-refractivity contribution in [2.24, 2.45) is 0 Å². The van der Waals surface area contributed by atoms with Crippen LogP contribution in [0.1, 0.15) is 11.1 Å². The standard InChI is InChI=1S/C17H22BNO3/c1-20-15-8-13(9-16(21-2)17(15)22-3)11-19-10-12-4-6-14(18)7-5-12/h4-9,19H,10-11,18H2,1-3H3. The van der Waals surface area contributed by atoms with Crippen LogP contribution < -0.4 is 25.0 Å². The molecule has 2 aromatic carbocycles. The number of benzene rings is 2. The van der Waals surface area contributed by atoms with Gasteiger partial charge in [0, 0.05) is 13.1 Å². The molecule has 0 aliphatic carbocycles. The highest BCUT2D eigenvalue weighted by molar-refractivity contribution is 6.32. The fourth-order valence-electron chi connectivity index (χ4n) is 2.29. The molecule has 1 N–H and O–H groups in total. The zero-order valence-corrected chi connectivity index (χ0v) is 13.6. The molecule has 5 heteroatoms. The van der Waals surface area contributed by atoms with Crippen LogP contribution in [0, 0.1) is 0 Å². The van der Waals surface area contributed by atoms with Crippen molar-refractivity contribution in [1.82, 2.24) is 5.32 Å². The van der Waals surface area contributed by atoms with Gasteiger partial charge in [0.1, 0.15) is 7.85 Å². The van der Waals surface area contributed by atoms with E-state index in [1.807, 2.05) is 12.1 Å². The van der Waals surface area contributed by atoms with Crippen molar-refractivity contribution >= 4 is 13.3 Å². The lowest BCUT2D eigenvalue weighted by Crippen LogP contribution is -2.13. The molecule has 0 aromatic heterocycles. The molecule has 0 fully saturated rings. The van der Waals surface area contributed by atoms with Crippen LogP contribution in [-0.4, -0.2) is 29.2 Å². The first kappa shape index (κ1) is 16.2. The lowest BCUT2D eigenvalue weighted by Gasteiger charge is -2.14. The molecular weight excluding hydrogens is 277 g/mol. The van der Waals surface area contributed by atoms with Gasteiger partial charge in [0.25, 0.3) is 0 Å². The maximum absolute atomic E-state index is 5.36. The van der Waals surface area contributed by atoms with Crippen molar-refractivity contribution in [2.45, 2.75) is 13.1 Å². The van der Waals surface area contributed by atoms with Gasteiger partial charge in [-0.15, -0.1) is 0 Å². The summed E-state index contributed by atoms with van der Waals surface area (Å²) in [5.74, 6) is 1.97. The van der Waals surface area contributed by atoms with E-state index in [-0.39, 0.29) is 0 Å². The van der Waals surface area contributed by atoms with Gasteiger partial charge in [-0.25, -0.2) is 0 Å². The summed E-state index contributed by atoms with van der Waals surface area (Å²) in [6, 6.07) is 12.4. The fourth-order valence-corrected chi connectivity index (χ4v) is 2.29. The molecule has 4 nitrogen and oxygen atoms in total. The average molecular weight is 299 g/mol. The second-order valence-corrected chi connectivity index (χ2v) is 5.12. The largest absolute Gasteiger partial charge is 0.493 e. The molecular formula is C17H22BNO3. The van der Waals surface area contributed by atoms with E-state index in [1.54, 1.807) is 21.3 Å². The number of nitrogens with one attached hydrogen (secondary N) is 1. The molecule has 0 amide bonds. The van der Waals surface area contributed by atoms with Crippen LogP contribution >= 0.6 is 0 Å². The van der Waals surface area contributed by atoms with E-state index in [9.17, 15) is 0 Å². The average Bonchev–Trinajstić information content (AvgIpc) is 2.55. The quantitative estimate of drug-likeness (QED) is 0.781. The summed E-state index contributed by atoms with van der Waals surface area (Å²) in [5.41, 5.74) is 3.62. The summed E-state index contributed by atoms with van der Waals surface area (Å²) in [7, 11) is 6.95. The van der Waals surface area contributed by atoms with E-state index < -0.39 is 0 Å². The highest BCUT2D eigenvalue weighted by Crippen LogP contribution is 2.38. The summed E-state index contributed by atoms with van der Waals surface area (Å²) in [5, 5.41) is 3.43. The van der Waals surface area contributed by atoms with Crippen LogP contribution in [0.4, 0.5) is 0 Å². The highest BCUT2D eigenvalue weighted by atomic mass is 16.5. The molecule has 22 heavy (non-hydrogen) atoms. The van der Waals surface area contributed by atoms with Gasteiger partial charge < -0.3 is 19.5 Å². The Kier molecular flexibility index (Phi) is 5.72. The molecule has 2 aromatic rings. The molecule has 0 unspecified atom stereocenters. The molecule has 0 aliphatic rings. The summed E-state index contributed by atoms with van der Waals surface area (Å²) < 4.78 is 16.1. The van der Waals surface area contributed by atoms with Crippen molar-refractivity contribution in [3.63, 3.8) is 0 Å². The summed E-state index contributed by atoms with van der Waals surface area (Å²) in [6.07, 6.45) is 0. The summed E-state index contributed by atoms with van der Waals surface area (Å²) in [6.45, 7) is 1.54. The highest BCUT2D eigenvalue weighted by Gasteiger charge is 2.12. The van der Waals surface area contributed by atoms with E-state index in [4.69, 9.17) is 14.2 Å². The third kappa shape index (κ3) is 3.95. The SMILES string of the molecule is Bc1ccc(CNCc2cc(OC)c(OC)c(OC)c2)cc1. The molecule has 2 rings (SSSR count). The minimum Gasteiger partial charge on any atom is -0.493 e. The Morgan fingerprint density at radius 2 is 1.36 bits per heavy atom. The lowest BCUT2D eigenvalue weighted by molar-refractivity contribution is 0.323. The first-order valence-corrected chi connectivity index (χ1v) is 7.23. The van der Waals surface area contributed by atoms with Crippen molar-refractivity contribution in [1.29, 1.82) is 0 Å². The molecule has 0 saturated heterocycles. The maximum atomic E-state index is 5.36. The number of rotatable bonds is 7. The monoisotopic (exact) mass is 299 g/mol. The topological polar surface area (TPSA) is 39.7 Å². The van der Waals surface area contributed by atoms with Crippen molar-refractivity contribution < 1.29 is 14.2 Å². The van der Waals surface area contributed by atoms with Gasteiger partial charge in [-0.1, -0.05) is 29.7 Å². The number of ether oxygens (including phenoxy) is 3. The third-order valence-corrected chi connectivity index (χ3v) is 3.50. The van der Waals surface area contributed by atoms with Crippen LogP contribution in [0.15, 0.2) is 36.4 Å². The summed E-state index contributed by atoms with van der Waals surface area (Å²) >= 11 is 0. The Bertz CT molecular complexity index is 589. The Morgan fingerprint density at radius 3 is 1.86 bits per heavy atom. The predicted molar refractivity (Wildman–Crippen MR) is 91.3 cm³/mol. The molecule has 116 valence electrons. The second-order valence-electron chi connectivity index (χ2n) is 5.12. The Balaban J connectivity index is 2.04. The lowest BCUT2D eigenvalue weighted by atomic mass is 9.95. The van der Waals surface area contributed by atoms with Gasteiger partial charge in [-0.05, 0) is 23.3 Å². The fraction of sp³-hybridized carbons (Fsp3) is 0.294. The maximum Gasteiger partial charge on any atom is 0.203 e. The molecule has 0 atom stereocenters. The van der Waals surface area contributed by atoms with Crippen LogP contribution in [0.5, 0.6) is 17.2 Å². The van der Waals surface area contributed by atoms with Gasteiger partial charge in [-0.3, -0.25) is 0 Å². The van der Waals surface area contributed by atoms with Crippen LogP contribution in [0.3, 0.4) is 0 Å². The first-order chi connectivity index (χ1) is 10.7. The van der Waals surface area contributed by atoms with Crippen LogP contribution in [-0.2, 0) is 13.1 Å². The first-order valence-electron chi connectivity index (χ1n) is 7.23. The van der Waals surface area contributed by atoms with E-state index in [2.05, 4.69) is 37.4 Å². The van der Waals surface area contributed by atoms with Gasteiger partial charge in [-0.2, -0.15) is 0 Å².